The molecule has 0 aromatic rings. The number of hydrogen-bond donors (Lipinski definition) is 0. The molecule has 0 bridgehead atoms. The van der Waals surface area contributed by atoms with E-state index in [9.17, 15) is 0 Å². The summed E-state index contributed by atoms with van der Waals surface area (Å²) in [4.78, 5) is 0. The summed E-state index contributed by atoms with van der Waals surface area (Å²) in [5.74, 6) is 0. The fraction of sp³-hybridized carbons (Fsp3) is 0.600. The minimum absolute atomic E-state index is 0.372. The van der Waals surface area contributed by atoms with Gasteiger partial charge in [0.15, 0.2) is 0 Å². The highest BCUT2D eigenvalue weighted by Crippen LogP contribution is 2.23. The van der Waals surface area contributed by atoms with E-state index in [0.717, 1.165) is 6.42 Å². The highest BCUT2D eigenvalue weighted by molar-refractivity contribution is 5.14. The average Bonchev–Trinajstić information content (AvgIpc) is 1.59. The molecule has 0 amide bonds. The van der Waals surface area contributed by atoms with Gasteiger partial charge in [-0.15, -0.1) is 0 Å². The molecule has 0 heterocycles. The predicted molar refractivity (Wildman–Crippen MR) is 48.0 cm³/mol. The zero-order valence-corrected chi connectivity index (χ0v) is 7.57. The Morgan fingerprint density at radius 3 is 2.20 bits per heavy atom. The highest BCUT2D eigenvalue weighted by atomic mass is 14.1. The van der Waals surface area contributed by atoms with Crippen molar-refractivity contribution < 1.29 is 0 Å². The van der Waals surface area contributed by atoms with Gasteiger partial charge in [-0.3, -0.25) is 0 Å². The molecule has 0 heteroatoms. The Hall–Kier alpha value is -0.520. The average molecular weight is 138 g/mol. The molecule has 0 aromatic carbocycles. The molecule has 0 spiro atoms. The van der Waals surface area contributed by atoms with Crippen molar-refractivity contribution >= 4 is 0 Å². The van der Waals surface area contributed by atoms with Crippen LogP contribution in [0.5, 0.6) is 0 Å². The van der Waals surface area contributed by atoms with Crippen LogP contribution in [-0.2, 0) is 0 Å². The van der Waals surface area contributed by atoms with Crippen molar-refractivity contribution in [3.8, 4) is 0 Å². The number of rotatable bonds is 2. The molecule has 58 valence electrons. The third-order valence-corrected chi connectivity index (χ3v) is 1.16. The topological polar surface area (TPSA) is 0 Å². The largest absolute Gasteiger partial charge is 0.0958 e. The maximum atomic E-state index is 3.94. The van der Waals surface area contributed by atoms with Gasteiger partial charge in [0.05, 0.1) is 0 Å². The molecule has 0 fully saturated rings. The first kappa shape index (κ1) is 9.48. The normalized spacial score (nSPS) is 12.4. The summed E-state index contributed by atoms with van der Waals surface area (Å²) >= 11 is 0. The Morgan fingerprint density at radius 2 is 1.90 bits per heavy atom. The second-order valence-corrected chi connectivity index (χ2v) is 3.90. The van der Waals surface area contributed by atoms with Crippen LogP contribution < -0.4 is 0 Å². The van der Waals surface area contributed by atoms with E-state index in [1.807, 2.05) is 13.0 Å². The van der Waals surface area contributed by atoms with Crippen LogP contribution >= 0.6 is 0 Å². The Morgan fingerprint density at radius 1 is 1.40 bits per heavy atom. The highest BCUT2D eigenvalue weighted by Gasteiger charge is 2.09. The molecule has 0 unspecified atom stereocenters. The molecule has 0 atom stereocenters. The molecule has 0 aromatic heterocycles. The monoisotopic (exact) mass is 138 g/mol. The van der Waals surface area contributed by atoms with Gasteiger partial charge in [-0.2, -0.15) is 0 Å². The van der Waals surface area contributed by atoms with Gasteiger partial charge in [0.2, 0.25) is 0 Å². The van der Waals surface area contributed by atoms with Crippen molar-refractivity contribution in [2.75, 3.05) is 0 Å². The van der Waals surface area contributed by atoms with E-state index in [2.05, 4.69) is 33.4 Å². The summed E-state index contributed by atoms with van der Waals surface area (Å²) in [6.07, 6.45) is 5.19. The molecule has 10 heavy (non-hydrogen) atoms. The smallest absolute Gasteiger partial charge is 0.0236 e. The summed E-state index contributed by atoms with van der Waals surface area (Å²) in [6.45, 7) is 12.6. The first-order valence-corrected chi connectivity index (χ1v) is 3.76. The van der Waals surface area contributed by atoms with Gasteiger partial charge >= 0.3 is 0 Å². The van der Waals surface area contributed by atoms with Crippen LogP contribution in [0.25, 0.3) is 0 Å². The Labute approximate surface area is 64.6 Å². The molecule has 0 aliphatic rings. The van der Waals surface area contributed by atoms with Crippen molar-refractivity contribution in [1.29, 1.82) is 0 Å². The van der Waals surface area contributed by atoms with Crippen LogP contribution in [0.15, 0.2) is 24.3 Å². The Balaban J connectivity index is 3.81. The molecular weight excluding hydrogens is 120 g/mol. The van der Waals surface area contributed by atoms with Gasteiger partial charge in [0, 0.05) is 0 Å². The fourth-order valence-corrected chi connectivity index (χ4v) is 0.976. The first-order chi connectivity index (χ1) is 4.45. The Bertz CT molecular complexity index is 133. The van der Waals surface area contributed by atoms with Crippen molar-refractivity contribution in [1.82, 2.24) is 0 Å². The van der Waals surface area contributed by atoms with E-state index >= 15 is 0 Å². The SMILES string of the molecule is C=C(C=CC)CC(C)(C)C. The van der Waals surface area contributed by atoms with E-state index in [0.29, 0.717) is 5.41 Å². The summed E-state index contributed by atoms with van der Waals surface area (Å²) in [6, 6.07) is 0. The van der Waals surface area contributed by atoms with E-state index in [-0.39, 0.29) is 0 Å². The summed E-state index contributed by atoms with van der Waals surface area (Å²) < 4.78 is 0. The van der Waals surface area contributed by atoms with Gasteiger partial charge in [-0.25, -0.2) is 0 Å². The number of hydrogen-bond acceptors (Lipinski definition) is 0. The zero-order valence-electron chi connectivity index (χ0n) is 7.57. The minimum atomic E-state index is 0.372. The van der Waals surface area contributed by atoms with Crippen LogP contribution in [0.4, 0.5) is 0 Å². The fourth-order valence-electron chi connectivity index (χ4n) is 0.976. The van der Waals surface area contributed by atoms with Crippen LogP contribution in [0, 0.1) is 5.41 Å². The lowest BCUT2D eigenvalue weighted by atomic mass is 9.88. The lowest BCUT2D eigenvalue weighted by Gasteiger charge is -2.17. The van der Waals surface area contributed by atoms with Crippen LogP contribution in [0.1, 0.15) is 34.1 Å². The van der Waals surface area contributed by atoms with E-state index in [4.69, 9.17) is 0 Å². The summed E-state index contributed by atoms with van der Waals surface area (Å²) in [5.41, 5.74) is 1.59. The lowest BCUT2D eigenvalue weighted by molar-refractivity contribution is 0.414. The number of allylic oxidation sites excluding steroid dienone is 3. The summed E-state index contributed by atoms with van der Waals surface area (Å²) in [5, 5.41) is 0. The molecule has 0 aliphatic heterocycles. The molecular formula is C10H18. The van der Waals surface area contributed by atoms with Crippen molar-refractivity contribution in [2.24, 2.45) is 5.41 Å². The van der Waals surface area contributed by atoms with Crippen LogP contribution in [0.3, 0.4) is 0 Å². The lowest BCUT2D eigenvalue weighted by Crippen LogP contribution is -2.04. The van der Waals surface area contributed by atoms with E-state index < -0.39 is 0 Å². The van der Waals surface area contributed by atoms with E-state index in [1.54, 1.807) is 0 Å². The van der Waals surface area contributed by atoms with Gasteiger partial charge in [-0.1, -0.05) is 45.1 Å². The third kappa shape index (κ3) is 5.61. The second-order valence-electron chi connectivity index (χ2n) is 3.90. The van der Waals surface area contributed by atoms with Gasteiger partial charge in [0.25, 0.3) is 0 Å². The molecule has 0 saturated heterocycles. The van der Waals surface area contributed by atoms with Crippen LogP contribution in [-0.4, -0.2) is 0 Å². The predicted octanol–water partition coefficient (Wildman–Crippen LogP) is 3.55. The second kappa shape index (κ2) is 3.60. The molecule has 0 rings (SSSR count). The van der Waals surface area contributed by atoms with E-state index in [1.165, 1.54) is 5.57 Å². The molecule has 0 nitrogen and oxygen atoms in total. The third-order valence-electron chi connectivity index (χ3n) is 1.16. The zero-order chi connectivity index (χ0) is 8.20. The van der Waals surface area contributed by atoms with Gasteiger partial charge in [-0.05, 0) is 18.8 Å². The van der Waals surface area contributed by atoms with Gasteiger partial charge in [0.1, 0.15) is 0 Å². The van der Waals surface area contributed by atoms with Crippen molar-refractivity contribution in [3.05, 3.63) is 24.3 Å². The minimum Gasteiger partial charge on any atom is -0.0958 e. The molecule has 0 aliphatic carbocycles. The summed E-state index contributed by atoms with van der Waals surface area (Å²) in [7, 11) is 0. The van der Waals surface area contributed by atoms with Gasteiger partial charge < -0.3 is 0 Å². The standard InChI is InChI=1S/C10H18/c1-6-7-9(2)8-10(3,4)5/h6-7H,2,8H2,1,3-5H3. The van der Waals surface area contributed by atoms with Crippen LogP contribution in [0.2, 0.25) is 0 Å². The maximum absolute atomic E-state index is 3.94. The van der Waals surface area contributed by atoms with Crippen molar-refractivity contribution in [2.45, 2.75) is 34.1 Å². The molecule has 0 N–H and O–H groups in total. The Kier molecular flexibility index (Phi) is 3.41. The maximum Gasteiger partial charge on any atom is -0.0236 e. The molecule has 0 radical (unpaired) electrons. The molecule has 0 saturated carbocycles. The first-order valence-electron chi connectivity index (χ1n) is 3.76. The van der Waals surface area contributed by atoms with Crippen molar-refractivity contribution in [3.63, 3.8) is 0 Å². The quantitative estimate of drug-likeness (QED) is 0.512.